The molecule has 1 unspecified atom stereocenters. The molecule has 1 heterocycles. The lowest BCUT2D eigenvalue weighted by Gasteiger charge is -2.46. The van der Waals surface area contributed by atoms with Gasteiger partial charge < -0.3 is 28.7 Å². The van der Waals surface area contributed by atoms with Gasteiger partial charge in [-0.25, -0.2) is 0 Å². The predicted octanol–water partition coefficient (Wildman–Crippen LogP) is 7.25. The summed E-state index contributed by atoms with van der Waals surface area (Å²) in [6, 6.07) is 10.9. The number of hydrogen-bond donors (Lipinski definition) is 1. The number of nitrogens with one attached hydrogen (secondary N) is 1. The minimum Gasteiger partial charge on any atom is -0.496 e. The third-order valence-electron chi connectivity index (χ3n) is 7.76. The summed E-state index contributed by atoms with van der Waals surface area (Å²) >= 11 is 0. The SMILES string of the molecule is COc1cc(OC)c(NC(=O)c2ccc(Oc3cc4c(cc3C)C(C)(C)C(C)CC4(C)C)o2)c(OC)c1. The van der Waals surface area contributed by atoms with Crippen LogP contribution in [0.4, 0.5) is 5.69 Å². The zero-order valence-corrected chi connectivity index (χ0v) is 23.2. The van der Waals surface area contributed by atoms with Gasteiger partial charge in [0.25, 0.3) is 11.9 Å². The van der Waals surface area contributed by atoms with Gasteiger partial charge in [0.05, 0.1) is 21.3 Å². The molecule has 0 saturated carbocycles. The van der Waals surface area contributed by atoms with Crippen molar-refractivity contribution in [3.05, 3.63) is 58.8 Å². The van der Waals surface area contributed by atoms with E-state index >= 15 is 0 Å². The Morgan fingerprint density at radius 2 is 1.57 bits per heavy atom. The van der Waals surface area contributed by atoms with Gasteiger partial charge in [-0.1, -0.05) is 40.7 Å². The van der Waals surface area contributed by atoms with Crippen molar-refractivity contribution in [3.63, 3.8) is 0 Å². The Hall–Kier alpha value is -3.61. The van der Waals surface area contributed by atoms with Crippen molar-refractivity contribution in [1.29, 1.82) is 0 Å². The zero-order valence-electron chi connectivity index (χ0n) is 23.2. The lowest BCUT2D eigenvalue weighted by atomic mass is 9.58. The van der Waals surface area contributed by atoms with Crippen molar-refractivity contribution in [2.45, 2.75) is 58.8 Å². The summed E-state index contributed by atoms with van der Waals surface area (Å²) < 4.78 is 28.0. The van der Waals surface area contributed by atoms with Crippen molar-refractivity contribution < 1.29 is 28.2 Å². The molecule has 1 aliphatic carbocycles. The molecular weight excluding hydrogens is 470 g/mol. The van der Waals surface area contributed by atoms with Gasteiger partial charge in [0.15, 0.2) is 5.76 Å². The number of hydrogen-bond acceptors (Lipinski definition) is 6. The van der Waals surface area contributed by atoms with E-state index in [2.05, 4.69) is 52.1 Å². The monoisotopic (exact) mass is 507 g/mol. The summed E-state index contributed by atoms with van der Waals surface area (Å²) in [6.07, 6.45) is 1.10. The molecule has 0 radical (unpaired) electrons. The first-order valence-corrected chi connectivity index (χ1v) is 12.5. The summed E-state index contributed by atoms with van der Waals surface area (Å²) in [5, 5.41) is 2.81. The molecule has 1 aromatic heterocycles. The number of rotatable bonds is 7. The molecule has 0 fully saturated rings. The van der Waals surface area contributed by atoms with Crippen LogP contribution < -0.4 is 24.3 Å². The fraction of sp³-hybridized carbons (Fsp3) is 0.433. The van der Waals surface area contributed by atoms with E-state index in [1.807, 2.05) is 6.92 Å². The summed E-state index contributed by atoms with van der Waals surface area (Å²) in [7, 11) is 4.56. The van der Waals surface area contributed by atoms with Gasteiger partial charge in [-0.3, -0.25) is 4.79 Å². The first-order chi connectivity index (χ1) is 17.4. The molecule has 1 N–H and O–H groups in total. The highest BCUT2D eigenvalue weighted by Gasteiger charge is 2.42. The highest BCUT2D eigenvalue weighted by Crippen LogP contribution is 2.50. The van der Waals surface area contributed by atoms with Gasteiger partial charge in [-0.15, -0.1) is 0 Å². The summed E-state index contributed by atoms with van der Waals surface area (Å²) in [6.45, 7) is 13.6. The third-order valence-corrected chi connectivity index (χ3v) is 7.76. The van der Waals surface area contributed by atoms with Crippen LogP contribution >= 0.6 is 0 Å². The van der Waals surface area contributed by atoms with Crippen LogP contribution in [0, 0.1) is 12.8 Å². The van der Waals surface area contributed by atoms with Gasteiger partial charge >= 0.3 is 0 Å². The van der Waals surface area contributed by atoms with Gasteiger partial charge in [0.1, 0.15) is 28.7 Å². The van der Waals surface area contributed by atoms with Crippen LogP contribution in [0.2, 0.25) is 0 Å². The first-order valence-electron chi connectivity index (χ1n) is 12.5. The Morgan fingerprint density at radius 1 is 0.919 bits per heavy atom. The van der Waals surface area contributed by atoms with Crippen LogP contribution in [0.3, 0.4) is 0 Å². The molecule has 0 aliphatic heterocycles. The number of aryl methyl sites for hydroxylation is 1. The Balaban J connectivity index is 1.59. The molecule has 1 aliphatic rings. The topological polar surface area (TPSA) is 79.2 Å². The van der Waals surface area contributed by atoms with Gasteiger partial charge in [-0.2, -0.15) is 0 Å². The highest BCUT2D eigenvalue weighted by atomic mass is 16.6. The van der Waals surface area contributed by atoms with E-state index in [0.717, 1.165) is 17.7 Å². The molecule has 0 spiro atoms. The van der Waals surface area contributed by atoms with E-state index < -0.39 is 5.91 Å². The zero-order chi connectivity index (χ0) is 27.1. The second-order valence-corrected chi connectivity index (χ2v) is 11.0. The summed E-state index contributed by atoms with van der Waals surface area (Å²) in [4.78, 5) is 13.0. The maximum absolute atomic E-state index is 13.0. The average Bonchev–Trinajstić information content (AvgIpc) is 3.32. The van der Waals surface area contributed by atoms with Gasteiger partial charge in [0.2, 0.25) is 0 Å². The Bertz CT molecular complexity index is 1290. The summed E-state index contributed by atoms with van der Waals surface area (Å²) in [5.41, 5.74) is 4.16. The Morgan fingerprint density at radius 3 is 2.16 bits per heavy atom. The number of anilines is 1. The normalized spacial score (nSPS) is 17.5. The molecule has 1 amide bonds. The number of ether oxygens (including phenoxy) is 4. The highest BCUT2D eigenvalue weighted by molar-refractivity contribution is 6.04. The first kappa shape index (κ1) is 26.5. The minimum absolute atomic E-state index is 0.0285. The van der Waals surface area contributed by atoms with E-state index in [0.29, 0.717) is 28.9 Å². The average molecular weight is 508 g/mol. The molecule has 198 valence electrons. The third kappa shape index (κ3) is 4.87. The van der Waals surface area contributed by atoms with Crippen molar-refractivity contribution in [2.75, 3.05) is 26.6 Å². The van der Waals surface area contributed by atoms with Gasteiger partial charge in [-0.05, 0) is 58.9 Å². The number of methoxy groups -OCH3 is 3. The molecule has 7 nitrogen and oxygen atoms in total. The number of benzene rings is 2. The molecular formula is C30H37NO6. The van der Waals surface area contributed by atoms with Crippen molar-refractivity contribution in [1.82, 2.24) is 0 Å². The molecule has 0 bridgehead atoms. The van der Waals surface area contributed by atoms with E-state index in [1.54, 1.807) is 31.4 Å². The minimum atomic E-state index is -0.462. The van der Waals surface area contributed by atoms with Crippen LogP contribution in [-0.4, -0.2) is 27.2 Å². The maximum atomic E-state index is 13.0. The lowest BCUT2D eigenvalue weighted by Crippen LogP contribution is -2.40. The molecule has 7 heteroatoms. The van der Waals surface area contributed by atoms with E-state index in [1.165, 1.54) is 25.3 Å². The van der Waals surface area contributed by atoms with E-state index in [4.69, 9.17) is 23.4 Å². The van der Waals surface area contributed by atoms with Crippen LogP contribution in [0.15, 0.2) is 40.8 Å². The second kappa shape index (κ2) is 9.69. The fourth-order valence-electron chi connectivity index (χ4n) is 5.20. The Kier molecular flexibility index (Phi) is 6.93. The number of carbonyl (C=O) groups excluding carboxylic acids is 1. The van der Waals surface area contributed by atoms with Crippen LogP contribution in [0.25, 0.3) is 0 Å². The molecule has 1 atom stereocenters. The van der Waals surface area contributed by atoms with E-state index in [-0.39, 0.29) is 22.5 Å². The lowest BCUT2D eigenvalue weighted by molar-refractivity contribution is 0.0991. The number of amides is 1. The molecule has 0 saturated heterocycles. The van der Waals surface area contributed by atoms with Gasteiger partial charge in [0, 0.05) is 18.2 Å². The molecule has 2 aromatic carbocycles. The van der Waals surface area contributed by atoms with Crippen LogP contribution in [-0.2, 0) is 10.8 Å². The van der Waals surface area contributed by atoms with Crippen LogP contribution in [0.1, 0.15) is 68.3 Å². The quantitative estimate of drug-likeness (QED) is 0.363. The fourth-order valence-corrected chi connectivity index (χ4v) is 5.20. The molecule has 4 rings (SSSR count). The number of furan rings is 1. The summed E-state index contributed by atoms with van der Waals surface area (Å²) in [5.74, 6) is 2.50. The van der Waals surface area contributed by atoms with Crippen molar-refractivity contribution in [2.24, 2.45) is 5.92 Å². The Labute approximate surface area is 219 Å². The molecule has 37 heavy (non-hydrogen) atoms. The van der Waals surface area contributed by atoms with Crippen molar-refractivity contribution in [3.8, 4) is 28.9 Å². The smallest absolute Gasteiger partial charge is 0.291 e. The number of carbonyl (C=O) groups is 1. The van der Waals surface area contributed by atoms with Crippen molar-refractivity contribution >= 4 is 11.6 Å². The standard InChI is InChI=1S/C30H37NO6/c1-17-12-21-20(29(3,4)16-18(2)30(21,5)6)15-23(17)37-26-11-10-22(36-26)28(32)31-27-24(34-8)13-19(33-7)14-25(27)35-9/h10-15,18H,16H2,1-9H3,(H,31,32). The largest absolute Gasteiger partial charge is 0.496 e. The maximum Gasteiger partial charge on any atom is 0.291 e. The van der Waals surface area contributed by atoms with Crippen LogP contribution in [0.5, 0.6) is 28.9 Å². The molecule has 3 aromatic rings. The predicted molar refractivity (Wildman–Crippen MR) is 144 cm³/mol. The second-order valence-electron chi connectivity index (χ2n) is 11.0. The van der Waals surface area contributed by atoms with E-state index in [9.17, 15) is 4.79 Å². The number of fused-ring (bicyclic) bond motifs is 1.